The largest absolute Gasteiger partial charge is 0.416 e. The monoisotopic (exact) mass is 541 g/mol. The van der Waals surface area contributed by atoms with Gasteiger partial charge < -0.3 is 11.1 Å². The maximum atomic E-state index is 14.1. The second-order valence-corrected chi connectivity index (χ2v) is 8.86. The summed E-state index contributed by atoms with van der Waals surface area (Å²) in [4.78, 5) is 14.5. The molecule has 37 heavy (non-hydrogen) atoms. The van der Waals surface area contributed by atoms with Gasteiger partial charge in [0.1, 0.15) is 11.6 Å². The fourth-order valence-electron chi connectivity index (χ4n) is 3.78. The number of carbonyl (C=O) groups is 1. The Labute approximate surface area is 218 Å². The number of nitrogens with two attached hydrogens (primary N) is 1. The zero-order valence-corrected chi connectivity index (χ0v) is 21.2. The molecule has 3 rings (SSSR count). The number of hydrogen-bond donors (Lipinski definition) is 2. The second-order valence-electron chi connectivity index (χ2n) is 8.42. The van der Waals surface area contributed by atoms with Crippen LogP contribution in [0.4, 0.5) is 26.7 Å². The lowest BCUT2D eigenvalue weighted by atomic mass is 9.87. The summed E-state index contributed by atoms with van der Waals surface area (Å²) in [5.41, 5.74) is 4.55. The summed E-state index contributed by atoms with van der Waals surface area (Å²) in [6.07, 6.45) is -0.293. The number of amides is 2. The number of aromatic nitrogens is 1. The molecule has 200 valence electrons. The van der Waals surface area contributed by atoms with Gasteiger partial charge in [0.2, 0.25) is 0 Å². The third-order valence-corrected chi connectivity index (χ3v) is 5.84. The molecular weight excluding hydrogens is 513 g/mol. The number of alkyl halides is 3. The molecule has 2 unspecified atom stereocenters. The summed E-state index contributed by atoms with van der Waals surface area (Å²) in [6, 6.07) is 11.1. The number of urea groups is 1. The van der Waals surface area contributed by atoms with Crippen molar-refractivity contribution >= 4 is 17.6 Å². The van der Waals surface area contributed by atoms with Gasteiger partial charge in [0.05, 0.1) is 10.6 Å². The molecular formula is C27H29ClF5N3O. The fraction of sp³-hybridized carbons (Fsp3) is 0.333. The van der Waals surface area contributed by atoms with Crippen LogP contribution in [0, 0.1) is 11.6 Å². The molecule has 0 aliphatic heterocycles. The van der Waals surface area contributed by atoms with Gasteiger partial charge in [-0.1, -0.05) is 50.1 Å². The molecule has 0 fully saturated rings. The Bertz CT molecular complexity index is 1160. The van der Waals surface area contributed by atoms with Gasteiger partial charge in [-0.25, -0.2) is 13.6 Å². The van der Waals surface area contributed by atoms with Crippen molar-refractivity contribution in [2.75, 3.05) is 0 Å². The Kier molecular flexibility index (Phi) is 11.3. The first-order chi connectivity index (χ1) is 17.4. The van der Waals surface area contributed by atoms with Gasteiger partial charge in [0, 0.05) is 23.9 Å². The van der Waals surface area contributed by atoms with E-state index in [1.807, 2.05) is 6.92 Å². The van der Waals surface area contributed by atoms with Gasteiger partial charge in [-0.3, -0.25) is 4.98 Å². The molecule has 3 N–H and O–H groups in total. The number of nitrogens with zero attached hydrogens (tertiary/aromatic N) is 1. The molecule has 3 aromatic rings. The van der Waals surface area contributed by atoms with Crippen LogP contribution in [-0.4, -0.2) is 17.1 Å². The van der Waals surface area contributed by atoms with Gasteiger partial charge in [-0.2, -0.15) is 13.2 Å². The smallest absolute Gasteiger partial charge is 0.352 e. The van der Waals surface area contributed by atoms with Crippen molar-refractivity contribution in [1.82, 2.24) is 10.3 Å². The maximum Gasteiger partial charge on any atom is 0.416 e. The summed E-state index contributed by atoms with van der Waals surface area (Å²) in [5, 5.41) is 3.02. The van der Waals surface area contributed by atoms with Crippen LogP contribution in [0.1, 0.15) is 61.4 Å². The predicted octanol–water partition coefficient (Wildman–Crippen LogP) is 7.64. The summed E-state index contributed by atoms with van der Waals surface area (Å²) >= 11 is 5.83. The molecule has 2 aromatic carbocycles. The third kappa shape index (κ3) is 9.64. The molecule has 1 heterocycles. The van der Waals surface area contributed by atoms with Gasteiger partial charge in [0.15, 0.2) is 0 Å². The van der Waals surface area contributed by atoms with Crippen molar-refractivity contribution < 1.29 is 26.7 Å². The molecule has 0 spiro atoms. The number of primary amides is 1. The Hall–Kier alpha value is -3.20. The van der Waals surface area contributed by atoms with Crippen LogP contribution in [0.2, 0.25) is 5.02 Å². The summed E-state index contributed by atoms with van der Waals surface area (Å²) in [6.45, 7) is 4.13. The molecule has 2 amide bonds. The third-order valence-electron chi connectivity index (χ3n) is 5.62. The van der Waals surface area contributed by atoms with Crippen LogP contribution in [0.5, 0.6) is 0 Å². The number of rotatable bonds is 8. The molecule has 0 aliphatic carbocycles. The molecule has 10 heteroatoms. The molecule has 0 saturated carbocycles. The Balaban J connectivity index is 0.000000410. The topological polar surface area (TPSA) is 68.0 Å². The van der Waals surface area contributed by atoms with E-state index in [4.69, 9.17) is 17.3 Å². The highest BCUT2D eigenvalue weighted by atomic mass is 35.5. The van der Waals surface area contributed by atoms with Crippen molar-refractivity contribution in [2.24, 2.45) is 5.73 Å². The van der Waals surface area contributed by atoms with Gasteiger partial charge in [0.25, 0.3) is 0 Å². The van der Waals surface area contributed by atoms with E-state index in [1.54, 1.807) is 6.07 Å². The first-order valence-electron chi connectivity index (χ1n) is 11.7. The SMILES string of the molecule is CCCC(CC)NC(N)=O.Fc1cc(C(Cc2ccccc2F)c2ccc(Cl)cn2)cc(C(F)(F)F)c1. The van der Waals surface area contributed by atoms with Crippen molar-refractivity contribution in [2.45, 2.75) is 57.7 Å². The van der Waals surface area contributed by atoms with E-state index >= 15 is 0 Å². The van der Waals surface area contributed by atoms with E-state index in [9.17, 15) is 26.7 Å². The molecule has 2 atom stereocenters. The summed E-state index contributed by atoms with van der Waals surface area (Å²) in [7, 11) is 0. The highest BCUT2D eigenvalue weighted by Gasteiger charge is 2.32. The number of benzene rings is 2. The average molecular weight is 542 g/mol. The zero-order chi connectivity index (χ0) is 27.6. The van der Waals surface area contributed by atoms with Crippen LogP contribution in [0.15, 0.2) is 60.8 Å². The molecule has 0 radical (unpaired) electrons. The van der Waals surface area contributed by atoms with Gasteiger partial charge in [-0.05, 0) is 66.8 Å². The Morgan fingerprint density at radius 3 is 2.32 bits per heavy atom. The van der Waals surface area contributed by atoms with E-state index < -0.39 is 35.3 Å². The minimum Gasteiger partial charge on any atom is -0.352 e. The quantitative estimate of drug-likeness (QED) is 0.288. The highest BCUT2D eigenvalue weighted by Crippen LogP contribution is 2.35. The minimum absolute atomic E-state index is 0.0159. The molecule has 0 aliphatic rings. The lowest BCUT2D eigenvalue weighted by Crippen LogP contribution is -2.38. The second kappa shape index (κ2) is 13.9. The maximum absolute atomic E-state index is 14.1. The van der Waals surface area contributed by atoms with Crippen molar-refractivity contribution in [1.29, 1.82) is 0 Å². The standard InChI is InChI=1S/C20H13ClF5N.C7H16N2O/c21-15-5-6-19(27-11-15)17(9-12-3-1-2-4-18(12)23)13-7-14(20(24,25)26)10-16(22)8-13;1-3-5-6(4-2)9-7(8)10/h1-8,10-11,17H,9H2;6H,3-5H2,1-2H3,(H3,8,9,10). The zero-order valence-electron chi connectivity index (χ0n) is 20.5. The molecule has 1 aromatic heterocycles. The fourth-order valence-corrected chi connectivity index (χ4v) is 3.89. The number of carbonyl (C=O) groups excluding carboxylic acids is 1. The number of pyridine rings is 1. The van der Waals surface area contributed by atoms with Crippen LogP contribution in [0.25, 0.3) is 0 Å². The van der Waals surface area contributed by atoms with Crippen LogP contribution < -0.4 is 11.1 Å². The van der Waals surface area contributed by atoms with E-state index in [2.05, 4.69) is 17.2 Å². The number of halogens is 6. The van der Waals surface area contributed by atoms with Crippen LogP contribution in [0.3, 0.4) is 0 Å². The first kappa shape index (κ1) is 30.0. The highest BCUT2D eigenvalue weighted by molar-refractivity contribution is 6.30. The first-order valence-corrected chi connectivity index (χ1v) is 12.1. The van der Waals surface area contributed by atoms with Crippen LogP contribution in [-0.2, 0) is 12.6 Å². The molecule has 0 bridgehead atoms. The summed E-state index contributed by atoms with van der Waals surface area (Å²) in [5.74, 6) is -2.30. The Morgan fingerprint density at radius 2 is 1.78 bits per heavy atom. The normalized spacial score (nSPS) is 12.8. The lowest BCUT2D eigenvalue weighted by Gasteiger charge is -2.19. The minimum atomic E-state index is -4.70. The van der Waals surface area contributed by atoms with E-state index in [0.29, 0.717) is 16.8 Å². The van der Waals surface area contributed by atoms with E-state index in [1.165, 1.54) is 36.5 Å². The number of hydrogen-bond acceptors (Lipinski definition) is 2. The van der Waals surface area contributed by atoms with Crippen molar-refractivity contribution in [3.8, 4) is 0 Å². The Morgan fingerprint density at radius 1 is 1.08 bits per heavy atom. The van der Waals surface area contributed by atoms with Crippen molar-refractivity contribution in [3.63, 3.8) is 0 Å². The van der Waals surface area contributed by atoms with Gasteiger partial charge in [-0.15, -0.1) is 0 Å². The van der Waals surface area contributed by atoms with Crippen molar-refractivity contribution in [3.05, 3.63) is 99.8 Å². The predicted molar refractivity (Wildman–Crippen MR) is 134 cm³/mol. The molecule has 0 saturated heterocycles. The van der Waals surface area contributed by atoms with Crippen LogP contribution >= 0.6 is 11.6 Å². The van der Waals surface area contributed by atoms with E-state index in [-0.39, 0.29) is 23.6 Å². The lowest BCUT2D eigenvalue weighted by molar-refractivity contribution is -0.137. The van der Waals surface area contributed by atoms with Gasteiger partial charge >= 0.3 is 12.2 Å². The molecule has 4 nitrogen and oxygen atoms in total. The summed E-state index contributed by atoms with van der Waals surface area (Å²) < 4.78 is 67.3. The number of nitrogens with one attached hydrogen (secondary N) is 1. The van der Waals surface area contributed by atoms with E-state index in [0.717, 1.165) is 31.4 Å². The average Bonchev–Trinajstić information content (AvgIpc) is 2.83.